The number of carbonyl (C=O) groups excluding carboxylic acids is 1. The molecule has 0 atom stereocenters. The van der Waals surface area contributed by atoms with Crippen molar-refractivity contribution < 1.29 is 9.53 Å². The fourth-order valence-electron chi connectivity index (χ4n) is 1.90. The van der Waals surface area contributed by atoms with Crippen LogP contribution in [-0.4, -0.2) is 36.4 Å². The van der Waals surface area contributed by atoms with Gasteiger partial charge in [-0.3, -0.25) is 4.79 Å². The highest BCUT2D eigenvalue weighted by Crippen LogP contribution is 2.22. The molecular formula is C16H19ClN4O2. The molecule has 7 heteroatoms. The minimum atomic E-state index is -0.251. The number of benzene rings is 1. The van der Waals surface area contributed by atoms with Crippen LogP contribution < -0.4 is 10.6 Å². The average Bonchev–Trinajstić information content (AvgIpc) is 2.55. The minimum Gasteiger partial charge on any atom is -0.385 e. The van der Waals surface area contributed by atoms with Crippen molar-refractivity contribution in [3.63, 3.8) is 0 Å². The highest BCUT2D eigenvalue weighted by Gasteiger charge is 2.08. The standard InChI is InChI=1S/C16H19ClN4O2/c1-11-4-5-12(17)10-14(11)19-15-7-6-13(20-21-15)16(22)18-8-3-9-23-2/h4-7,10H,3,8-9H2,1-2H3,(H,18,22)(H,19,21). The third kappa shape index (κ3) is 5.19. The van der Waals surface area contributed by atoms with E-state index in [1.165, 1.54) is 0 Å². The van der Waals surface area contributed by atoms with Crippen molar-refractivity contribution >= 4 is 29.0 Å². The molecule has 0 radical (unpaired) electrons. The van der Waals surface area contributed by atoms with Gasteiger partial charge in [0.2, 0.25) is 0 Å². The molecule has 2 rings (SSSR count). The van der Waals surface area contributed by atoms with E-state index >= 15 is 0 Å². The van der Waals surface area contributed by atoms with Crippen LogP contribution in [0.3, 0.4) is 0 Å². The molecule has 1 heterocycles. The number of rotatable bonds is 7. The van der Waals surface area contributed by atoms with Crippen LogP contribution in [0.25, 0.3) is 0 Å². The van der Waals surface area contributed by atoms with Crippen LogP contribution in [0.15, 0.2) is 30.3 Å². The predicted molar refractivity (Wildman–Crippen MR) is 90.3 cm³/mol. The first-order valence-electron chi connectivity index (χ1n) is 7.24. The van der Waals surface area contributed by atoms with Gasteiger partial charge in [-0.15, -0.1) is 10.2 Å². The number of carbonyl (C=O) groups is 1. The summed E-state index contributed by atoms with van der Waals surface area (Å²) in [5, 5.41) is 14.5. The summed E-state index contributed by atoms with van der Waals surface area (Å²) in [7, 11) is 1.63. The Hall–Kier alpha value is -2.18. The van der Waals surface area contributed by atoms with Gasteiger partial charge in [-0.1, -0.05) is 17.7 Å². The molecule has 0 aliphatic carbocycles. The van der Waals surface area contributed by atoms with Gasteiger partial charge in [-0.25, -0.2) is 0 Å². The molecule has 23 heavy (non-hydrogen) atoms. The Morgan fingerprint density at radius 3 is 2.78 bits per heavy atom. The van der Waals surface area contributed by atoms with Gasteiger partial charge in [0.25, 0.3) is 5.91 Å². The third-order valence-electron chi connectivity index (χ3n) is 3.17. The molecule has 122 valence electrons. The molecular weight excluding hydrogens is 316 g/mol. The second-order valence-corrected chi connectivity index (χ2v) is 5.43. The largest absolute Gasteiger partial charge is 0.385 e. The maximum absolute atomic E-state index is 11.9. The van der Waals surface area contributed by atoms with Crippen LogP contribution in [0.1, 0.15) is 22.5 Å². The fraction of sp³-hybridized carbons (Fsp3) is 0.312. The Morgan fingerprint density at radius 1 is 1.26 bits per heavy atom. The Morgan fingerprint density at radius 2 is 2.09 bits per heavy atom. The monoisotopic (exact) mass is 334 g/mol. The summed E-state index contributed by atoms with van der Waals surface area (Å²) < 4.78 is 4.92. The number of nitrogens with one attached hydrogen (secondary N) is 2. The van der Waals surface area contributed by atoms with E-state index in [4.69, 9.17) is 16.3 Å². The van der Waals surface area contributed by atoms with Gasteiger partial charge in [0, 0.05) is 31.0 Å². The Bertz CT molecular complexity index is 662. The van der Waals surface area contributed by atoms with Crippen molar-refractivity contribution in [1.82, 2.24) is 15.5 Å². The number of methoxy groups -OCH3 is 1. The second kappa shape index (κ2) is 8.45. The number of aryl methyl sites for hydroxylation is 1. The molecule has 0 saturated carbocycles. The molecule has 0 fully saturated rings. The van der Waals surface area contributed by atoms with Gasteiger partial charge in [-0.05, 0) is 43.2 Å². The highest BCUT2D eigenvalue weighted by atomic mass is 35.5. The van der Waals surface area contributed by atoms with E-state index in [1.807, 2.05) is 25.1 Å². The van der Waals surface area contributed by atoms with Crippen molar-refractivity contribution in [2.75, 3.05) is 25.6 Å². The van der Waals surface area contributed by atoms with E-state index < -0.39 is 0 Å². The van der Waals surface area contributed by atoms with Crippen molar-refractivity contribution in [3.05, 3.63) is 46.6 Å². The molecule has 0 aliphatic heterocycles. The zero-order valence-electron chi connectivity index (χ0n) is 13.1. The molecule has 2 aromatic rings. The molecule has 0 unspecified atom stereocenters. The van der Waals surface area contributed by atoms with Crippen molar-refractivity contribution in [3.8, 4) is 0 Å². The zero-order valence-corrected chi connectivity index (χ0v) is 13.9. The number of anilines is 2. The number of amides is 1. The van der Waals surface area contributed by atoms with E-state index in [9.17, 15) is 4.79 Å². The summed E-state index contributed by atoms with van der Waals surface area (Å²) in [6, 6.07) is 8.89. The lowest BCUT2D eigenvalue weighted by Crippen LogP contribution is -2.26. The smallest absolute Gasteiger partial charge is 0.271 e. The van der Waals surface area contributed by atoms with Crippen LogP contribution in [0.4, 0.5) is 11.5 Å². The van der Waals surface area contributed by atoms with Crippen LogP contribution in [0.5, 0.6) is 0 Å². The maximum atomic E-state index is 11.9. The molecule has 0 spiro atoms. The minimum absolute atomic E-state index is 0.251. The molecule has 1 aromatic heterocycles. The molecule has 1 amide bonds. The fourth-order valence-corrected chi connectivity index (χ4v) is 2.07. The van der Waals surface area contributed by atoms with Crippen LogP contribution in [-0.2, 0) is 4.74 Å². The highest BCUT2D eigenvalue weighted by molar-refractivity contribution is 6.30. The molecule has 1 aromatic carbocycles. The lowest BCUT2D eigenvalue weighted by atomic mass is 10.2. The van der Waals surface area contributed by atoms with Crippen LogP contribution in [0.2, 0.25) is 5.02 Å². The van der Waals surface area contributed by atoms with Gasteiger partial charge in [0.05, 0.1) is 0 Å². The second-order valence-electron chi connectivity index (χ2n) is 4.99. The zero-order chi connectivity index (χ0) is 16.7. The van der Waals surface area contributed by atoms with Gasteiger partial charge >= 0.3 is 0 Å². The van der Waals surface area contributed by atoms with Gasteiger partial charge in [0.1, 0.15) is 0 Å². The normalized spacial score (nSPS) is 10.4. The maximum Gasteiger partial charge on any atom is 0.271 e. The van der Waals surface area contributed by atoms with Crippen molar-refractivity contribution in [2.45, 2.75) is 13.3 Å². The quantitative estimate of drug-likeness (QED) is 0.761. The number of halogens is 1. The first kappa shape index (κ1) is 17.2. The molecule has 0 saturated heterocycles. The number of hydrogen-bond donors (Lipinski definition) is 2. The first-order chi connectivity index (χ1) is 11.1. The lowest BCUT2D eigenvalue weighted by molar-refractivity contribution is 0.0942. The van der Waals surface area contributed by atoms with Gasteiger partial charge < -0.3 is 15.4 Å². The average molecular weight is 335 g/mol. The number of ether oxygens (including phenoxy) is 1. The summed E-state index contributed by atoms with van der Waals surface area (Å²) in [6.07, 6.45) is 0.753. The predicted octanol–water partition coefficient (Wildman–Crippen LogP) is 2.95. The lowest BCUT2D eigenvalue weighted by Gasteiger charge is -2.09. The van der Waals surface area contributed by atoms with Crippen molar-refractivity contribution in [2.24, 2.45) is 0 Å². The van der Waals surface area contributed by atoms with Gasteiger partial charge in [-0.2, -0.15) is 0 Å². The van der Waals surface area contributed by atoms with E-state index in [0.29, 0.717) is 24.0 Å². The summed E-state index contributed by atoms with van der Waals surface area (Å²) in [5.41, 5.74) is 2.16. The molecule has 0 aliphatic rings. The van der Waals surface area contributed by atoms with E-state index in [2.05, 4.69) is 20.8 Å². The SMILES string of the molecule is COCCCNC(=O)c1ccc(Nc2cc(Cl)ccc2C)nn1. The topological polar surface area (TPSA) is 76.1 Å². The van der Waals surface area contributed by atoms with Crippen LogP contribution in [0, 0.1) is 6.92 Å². The Balaban J connectivity index is 1.96. The number of aromatic nitrogens is 2. The summed E-state index contributed by atoms with van der Waals surface area (Å²) in [6.45, 7) is 3.11. The Kier molecular flexibility index (Phi) is 6.31. The van der Waals surface area contributed by atoms with E-state index in [-0.39, 0.29) is 11.6 Å². The van der Waals surface area contributed by atoms with Crippen molar-refractivity contribution in [1.29, 1.82) is 0 Å². The molecule has 2 N–H and O–H groups in total. The number of nitrogens with zero attached hydrogens (tertiary/aromatic N) is 2. The summed E-state index contributed by atoms with van der Waals surface area (Å²) in [5.74, 6) is 0.297. The first-order valence-corrected chi connectivity index (χ1v) is 7.62. The molecule has 0 bridgehead atoms. The Labute approximate surface area is 140 Å². The third-order valence-corrected chi connectivity index (χ3v) is 3.41. The number of hydrogen-bond acceptors (Lipinski definition) is 5. The van der Waals surface area contributed by atoms with E-state index in [0.717, 1.165) is 17.7 Å². The van der Waals surface area contributed by atoms with Crippen LogP contribution >= 0.6 is 11.6 Å². The van der Waals surface area contributed by atoms with Gasteiger partial charge in [0.15, 0.2) is 11.5 Å². The molecule has 6 nitrogen and oxygen atoms in total. The summed E-state index contributed by atoms with van der Waals surface area (Å²) in [4.78, 5) is 11.9. The van der Waals surface area contributed by atoms with E-state index in [1.54, 1.807) is 19.2 Å². The summed E-state index contributed by atoms with van der Waals surface area (Å²) >= 11 is 5.98.